The zero-order valence-electron chi connectivity index (χ0n) is 12.1. The van der Waals surface area contributed by atoms with Crippen molar-refractivity contribution in [3.05, 3.63) is 51.6 Å². The van der Waals surface area contributed by atoms with Crippen LogP contribution in [0.2, 0.25) is 0 Å². The average molecular weight is 338 g/mol. The normalized spacial score (nSPS) is 17.7. The number of rotatable bonds is 2. The molecule has 0 radical (unpaired) electrons. The van der Waals surface area contributed by atoms with Crippen LogP contribution in [-0.2, 0) is 16.5 Å². The van der Waals surface area contributed by atoms with Gasteiger partial charge in [-0.25, -0.2) is 11.6 Å². The highest BCUT2D eigenvalue weighted by Gasteiger charge is 2.43. The number of hydrogen-bond acceptors (Lipinski definition) is 3. The highest BCUT2D eigenvalue weighted by Crippen LogP contribution is 2.39. The number of ether oxygens (including phenoxy) is 1. The third kappa shape index (κ3) is 3.09. The summed E-state index contributed by atoms with van der Waals surface area (Å²) in [6, 6.07) is 4.92. The van der Waals surface area contributed by atoms with Crippen LogP contribution in [0.5, 0.6) is 0 Å². The summed E-state index contributed by atoms with van der Waals surface area (Å²) in [5, 5.41) is 2.51. The predicted octanol–water partition coefficient (Wildman–Crippen LogP) is 4.75. The molecule has 0 atom stereocenters. The van der Waals surface area contributed by atoms with Crippen molar-refractivity contribution in [2.75, 3.05) is 13.2 Å². The summed E-state index contributed by atoms with van der Waals surface area (Å²) in [4.78, 5) is 8.28. The maximum absolute atomic E-state index is 12.6. The molecule has 7 heteroatoms. The van der Waals surface area contributed by atoms with Gasteiger partial charge >= 0.3 is 6.18 Å². The van der Waals surface area contributed by atoms with Gasteiger partial charge in [0, 0.05) is 10.9 Å². The Bertz CT molecular complexity index is 725. The van der Waals surface area contributed by atoms with E-state index in [-0.39, 0.29) is 0 Å². The Balaban J connectivity index is 1.89. The highest BCUT2D eigenvalue weighted by molar-refractivity contribution is 7.10. The lowest BCUT2D eigenvalue weighted by atomic mass is 9.92. The standard InChI is InChI=1S/C16H13F3N2OS/c1-20-15(6-8-22-9-7-15)14-21-13(10-23-14)11-2-4-12(5-3-11)16(17,18)19/h2-5,10H,6-9H2. The molecule has 1 saturated heterocycles. The van der Waals surface area contributed by atoms with Crippen molar-refractivity contribution in [2.24, 2.45) is 0 Å². The molecule has 0 aliphatic carbocycles. The van der Waals surface area contributed by atoms with Gasteiger partial charge in [0.25, 0.3) is 5.54 Å². The van der Waals surface area contributed by atoms with Gasteiger partial charge in [-0.05, 0) is 12.1 Å². The second-order valence-electron chi connectivity index (χ2n) is 5.37. The van der Waals surface area contributed by atoms with Gasteiger partial charge in [0.2, 0.25) is 0 Å². The Morgan fingerprint density at radius 3 is 2.39 bits per heavy atom. The Labute approximate surface area is 135 Å². The maximum Gasteiger partial charge on any atom is 0.416 e. The molecule has 23 heavy (non-hydrogen) atoms. The van der Waals surface area contributed by atoms with Gasteiger partial charge in [0.15, 0.2) is 5.01 Å². The van der Waals surface area contributed by atoms with E-state index >= 15 is 0 Å². The van der Waals surface area contributed by atoms with Gasteiger partial charge in [-0.1, -0.05) is 12.1 Å². The van der Waals surface area contributed by atoms with Crippen LogP contribution >= 0.6 is 11.3 Å². The molecule has 3 rings (SSSR count). The van der Waals surface area contributed by atoms with Gasteiger partial charge in [-0.3, -0.25) is 0 Å². The van der Waals surface area contributed by atoms with Crippen molar-refractivity contribution in [1.29, 1.82) is 0 Å². The first-order valence-corrected chi connectivity index (χ1v) is 7.93. The van der Waals surface area contributed by atoms with E-state index < -0.39 is 17.3 Å². The summed E-state index contributed by atoms with van der Waals surface area (Å²) in [6.45, 7) is 8.56. The quantitative estimate of drug-likeness (QED) is 0.739. The van der Waals surface area contributed by atoms with Crippen LogP contribution in [0, 0.1) is 6.57 Å². The molecular weight excluding hydrogens is 325 g/mol. The zero-order valence-corrected chi connectivity index (χ0v) is 12.9. The number of benzene rings is 1. The van der Waals surface area contributed by atoms with Crippen LogP contribution in [0.15, 0.2) is 29.6 Å². The van der Waals surface area contributed by atoms with Crippen molar-refractivity contribution in [2.45, 2.75) is 24.6 Å². The molecule has 1 aliphatic heterocycles. The SMILES string of the molecule is [C-]#[N+]C1(c2nc(-c3ccc(C(F)(F)F)cc3)cs2)CCOCC1. The zero-order chi connectivity index (χ0) is 16.5. The fraction of sp³-hybridized carbons (Fsp3) is 0.375. The molecule has 1 aliphatic rings. The van der Waals surface area contributed by atoms with Crippen LogP contribution in [-0.4, -0.2) is 18.2 Å². The third-order valence-electron chi connectivity index (χ3n) is 3.94. The van der Waals surface area contributed by atoms with E-state index in [4.69, 9.17) is 11.3 Å². The van der Waals surface area contributed by atoms with E-state index in [1.807, 2.05) is 0 Å². The van der Waals surface area contributed by atoms with E-state index in [2.05, 4.69) is 9.83 Å². The molecule has 0 saturated carbocycles. The lowest BCUT2D eigenvalue weighted by Crippen LogP contribution is -2.30. The van der Waals surface area contributed by atoms with E-state index in [0.29, 0.717) is 42.3 Å². The minimum atomic E-state index is -4.35. The predicted molar refractivity (Wildman–Crippen MR) is 80.9 cm³/mol. The molecule has 3 nitrogen and oxygen atoms in total. The van der Waals surface area contributed by atoms with Crippen molar-refractivity contribution in [3.8, 4) is 11.3 Å². The van der Waals surface area contributed by atoms with Gasteiger partial charge in [-0.15, -0.1) is 11.3 Å². The number of nitrogens with zero attached hydrogens (tertiary/aromatic N) is 2. The second-order valence-corrected chi connectivity index (χ2v) is 6.23. The fourth-order valence-electron chi connectivity index (χ4n) is 2.53. The lowest BCUT2D eigenvalue weighted by molar-refractivity contribution is -0.137. The van der Waals surface area contributed by atoms with E-state index in [1.165, 1.54) is 23.5 Å². The number of hydrogen-bond donors (Lipinski definition) is 0. The first kappa shape index (κ1) is 16.0. The van der Waals surface area contributed by atoms with Crippen LogP contribution in [0.1, 0.15) is 23.4 Å². The van der Waals surface area contributed by atoms with Gasteiger partial charge in [-0.2, -0.15) is 13.2 Å². The Hall–Kier alpha value is -1.91. The van der Waals surface area contributed by atoms with Crippen LogP contribution < -0.4 is 0 Å². The molecule has 2 heterocycles. The molecular formula is C16H13F3N2OS. The molecule has 0 N–H and O–H groups in total. The first-order chi connectivity index (χ1) is 10.9. The average Bonchev–Trinajstić information content (AvgIpc) is 3.05. The van der Waals surface area contributed by atoms with Crippen LogP contribution in [0.4, 0.5) is 13.2 Å². The van der Waals surface area contributed by atoms with Crippen molar-refractivity contribution in [3.63, 3.8) is 0 Å². The van der Waals surface area contributed by atoms with Gasteiger partial charge < -0.3 is 9.58 Å². The molecule has 0 unspecified atom stereocenters. The number of thiazole rings is 1. The Kier molecular flexibility index (Phi) is 4.13. The largest absolute Gasteiger partial charge is 0.416 e. The summed E-state index contributed by atoms with van der Waals surface area (Å²) < 4.78 is 43.1. The summed E-state index contributed by atoms with van der Waals surface area (Å²) >= 11 is 1.38. The fourth-order valence-corrected chi connectivity index (χ4v) is 3.56. The van der Waals surface area contributed by atoms with Gasteiger partial charge in [0.1, 0.15) is 0 Å². The molecule has 1 aromatic heterocycles. The second kappa shape index (κ2) is 5.95. The van der Waals surface area contributed by atoms with E-state index in [1.54, 1.807) is 5.38 Å². The van der Waals surface area contributed by atoms with E-state index in [9.17, 15) is 13.2 Å². The highest BCUT2D eigenvalue weighted by atomic mass is 32.1. The van der Waals surface area contributed by atoms with Crippen molar-refractivity contribution >= 4 is 11.3 Å². The molecule has 2 aromatic rings. The minimum Gasteiger partial charge on any atom is -0.381 e. The number of alkyl halides is 3. The summed E-state index contributed by atoms with van der Waals surface area (Å²) in [5.41, 5.74) is -0.118. The molecule has 0 spiro atoms. The van der Waals surface area contributed by atoms with Gasteiger partial charge in [0.05, 0.1) is 37.3 Å². The molecule has 1 aromatic carbocycles. The minimum absolute atomic E-state index is 0.525. The van der Waals surface area contributed by atoms with Crippen molar-refractivity contribution in [1.82, 2.24) is 4.98 Å². The third-order valence-corrected chi connectivity index (χ3v) is 4.98. The summed E-state index contributed by atoms with van der Waals surface area (Å²) in [7, 11) is 0. The molecule has 0 bridgehead atoms. The number of halogens is 3. The molecule has 0 amide bonds. The summed E-state index contributed by atoms with van der Waals surface area (Å²) in [5.74, 6) is 0. The number of aromatic nitrogens is 1. The first-order valence-electron chi connectivity index (χ1n) is 7.05. The Morgan fingerprint density at radius 1 is 1.17 bits per heavy atom. The molecule has 120 valence electrons. The van der Waals surface area contributed by atoms with E-state index in [0.717, 1.165) is 12.1 Å². The van der Waals surface area contributed by atoms with Crippen molar-refractivity contribution < 1.29 is 17.9 Å². The van der Waals surface area contributed by atoms with Crippen LogP contribution in [0.3, 0.4) is 0 Å². The monoisotopic (exact) mass is 338 g/mol. The lowest BCUT2D eigenvalue weighted by Gasteiger charge is -2.24. The Morgan fingerprint density at radius 2 is 1.83 bits per heavy atom. The smallest absolute Gasteiger partial charge is 0.381 e. The summed E-state index contributed by atoms with van der Waals surface area (Å²) in [6.07, 6.45) is -3.16. The molecule has 1 fully saturated rings. The topological polar surface area (TPSA) is 26.5 Å². The maximum atomic E-state index is 12.6. The van der Waals surface area contributed by atoms with Crippen LogP contribution in [0.25, 0.3) is 16.1 Å².